The molecule has 1 atom stereocenters. The van der Waals surface area contributed by atoms with E-state index in [0.29, 0.717) is 44.2 Å². The number of ether oxygens (including phenoxy) is 2. The van der Waals surface area contributed by atoms with Gasteiger partial charge in [-0.3, -0.25) is 14.5 Å². The Hall–Kier alpha value is -1.92. The topological polar surface area (TPSA) is 81.9 Å². The highest BCUT2D eigenvalue weighted by atomic mass is 16.5. The molecule has 114 valence electrons. The maximum absolute atomic E-state index is 11.5. The van der Waals surface area contributed by atoms with Gasteiger partial charge in [0, 0.05) is 13.1 Å². The standard InChI is InChI=1S/C15H20N2O4/c1-11(18)12-4-2-3-5-14(12)21-9-7-17-6-8-20-10-13(17)15(16)19/h2-5,13H,6-10H2,1H3,(H2,16,19). The molecule has 2 N–H and O–H groups in total. The number of hydrogen-bond acceptors (Lipinski definition) is 5. The van der Waals surface area contributed by atoms with Gasteiger partial charge in [0.2, 0.25) is 5.91 Å². The van der Waals surface area contributed by atoms with Crippen molar-refractivity contribution in [3.05, 3.63) is 29.8 Å². The molecule has 0 radical (unpaired) electrons. The van der Waals surface area contributed by atoms with E-state index >= 15 is 0 Å². The predicted molar refractivity (Wildman–Crippen MR) is 77.3 cm³/mol. The zero-order chi connectivity index (χ0) is 15.2. The van der Waals surface area contributed by atoms with Crippen LogP contribution in [0.4, 0.5) is 0 Å². The number of ketones is 1. The molecule has 1 aromatic rings. The van der Waals surface area contributed by atoms with Gasteiger partial charge in [0.15, 0.2) is 5.78 Å². The number of carbonyl (C=O) groups excluding carboxylic acids is 2. The van der Waals surface area contributed by atoms with Gasteiger partial charge in [0.1, 0.15) is 18.4 Å². The minimum atomic E-state index is -0.412. The molecule has 0 spiro atoms. The summed E-state index contributed by atoms with van der Waals surface area (Å²) in [5, 5.41) is 0. The van der Waals surface area contributed by atoms with Crippen LogP contribution >= 0.6 is 0 Å². The van der Waals surface area contributed by atoms with E-state index in [1.54, 1.807) is 18.2 Å². The average Bonchev–Trinajstić information content (AvgIpc) is 2.48. The SMILES string of the molecule is CC(=O)c1ccccc1OCCN1CCOCC1C(N)=O. The normalized spacial score (nSPS) is 19.2. The monoisotopic (exact) mass is 292 g/mol. The Balaban J connectivity index is 1.92. The number of para-hydroxylation sites is 1. The van der Waals surface area contributed by atoms with E-state index in [2.05, 4.69) is 0 Å². The van der Waals surface area contributed by atoms with Crippen LogP contribution in [0.5, 0.6) is 5.75 Å². The number of Topliss-reactive ketones (excluding diaryl/α,β-unsaturated/α-hetero) is 1. The van der Waals surface area contributed by atoms with E-state index in [-0.39, 0.29) is 11.7 Å². The molecule has 0 aromatic heterocycles. The molecule has 6 heteroatoms. The highest BCUT2D eigenvalue weighted by molar-refractivity contribution is 5.96. The summed E-state index contributed by atoms with van der Waals surface area (Å²) in [6, 6.07) is 6.71. The summed E-state index contributed by atoms with van der Waals surface area (Å²) in [6.45, 7) is 3.99. The molecular weight excluding hydrogens is 272 g/mol. The van der Waals surface area contributed by atoms with Crippen LogP contribution in [0.3, 0.4) is 0 Å². The number of carbonyl (C=O) groups is 2. The van der Waals surface area contributed by atoms with Crippen LogP contribution in [0.2, 0.25) is 0 Å². The number of primary amides is 1. The number of nitrogens with zero attached hydrogens (tertiary/aromatic N) is 1. The maximum atomic E-state index is 11.5. The third-order valence-corrected chi connectivity index (χ3v) is 3.47. The fraction of sp³-hybridized carbons (Fsp3) is 0.467. The molecular formula is C15H20N2O4. The third kappa shape index (κ3) is 4.03. The highest BCUT2D eigenvalue weighted by Gasteiger charge is 2.27. The average molecular weight is 292 g/mol. The van der Waals surface area contributed by atoms with Crippen LogP contribution in [0.25, 0.3) is 0 Å². The third-order valence-electron chi connectivity index (χ3n) is 3.47. The number of nitrogens with two attached hydrogens (primary N) is 1. The van der Waals surface area contributed by atoms with Gasteiger partial charge >= 0.3 is 0 Å². The zero-order valence-electron chi connectivity index (χ0n) is 12.1. The van der Waals surface area contributed by atoms with E-state index < -0.39 is 6.04 Å². The molecule has 2 rings (SSSR count). The molecule has 1 fully saturated rings. The van der Waals surface area contributed by atoms with Gasteiger partial charge in [-0.15, -0.1) is 0 Å². The van der Waals surface area contributed by atoms with Crippen LogP contribution < -0.4 is 10.5 Å². The Morgan fingerprint density at radius 1 is 1.43 bits per heavy atom. The van der Waals surface area contributed by atoms with Crippen molar-refractivity contribution in [2.75, 3.05) is 32.9 Å². The van der Waals surface area contributed by atoms with Crippen molar-refractivity contribution in [2.24, 2.45) is 5.73 Å². The first kappa shape index (κ1) is 15.5. The molecule has 0 aliphatic carbocycles. The molecule has 0 bridgehead atoms. The number of benzene rings is 1. The first-order valence-corrected chi connectivity index (χ1v) is 6.93. The number of amides is 1. The van der Waals surface area contributed by atoms with Gasteiger partial charge in [-0.05, 0) is 19.1 Å². The molecule has 6 nitrogen and oxygen atoms in total. The molecule has 1 unspecified atom stereocenters. The van der Waals surface area contributed by atoms with Crippen molar-refractivity contribution >= 4 is 11.7 Å². The maximum Gasteiger partial charge on any atom is 0.237 e. The van der Waals surface area contributed by atoms with Gasteiger partial charge < -0.3 is 15.2 Å². The second kappa shape index (κ2) is 7.19. The largest absolute Gasteiger partial charge is 0.491 e. The van der Waals surface area contributed by atoms with E-state index in [9.17, 15) is 9.59 Å². The van der Waals surface area contributed by atoms with Crippen molar-refractivity contribution in [3.8, 4) is 5.75 Å². The van der Waals surface area contributed by atoms with Crippen LogP contribution in [0.1, 0.15) is 17.3 Å². The first-order valence-electron chi connectivity index (χ1n) is 6.93. The second-order valence-electron chi connectivity index (χ2n) is 4.93. The lowest BCUT2D eigenvalue weighted by Gasteiger charge is -2.33. The smallest absolute Gasteiger partial charge is 0.237 e. The lowest BCUT2D eigenvalue weighted by molar-refractivity contribution is -0.129. The van der Waals surface area contributed by atoms with Gasteiger partial charge in [-0.25, -0.2) is 0 Å². The minimum absolute atomic E-state index is 0.0352. The lowest BCUT2D eigenvalue weighted by atomic mass is 10.1. The van der Waals surface area contributed by atoms with Crippen LogP contribution in [-0.4, -0.2) is 55.5 Å². The summed E-state index contributed by atoms with van der Waals surface area (Å²) in [5.74, 6) is 0.139. The predicted octanol–water partition coefficient (Wildman–Crippen LogP) is 0.454. The molecule has 1 aromatic carbocycles. The molecule has 1 aliphatic rings. The summed E-state index contributed by atoms with van der Waals surface area (Å²) in [4.78, 5) is 24.8. The number of rotatable bonds is 6. The Kier molecular flexibility index (Phi) is 5.30. The number of morpholine rings is 1. The first-order chi connectivity index (χ1) is 10.1. The Bertz CT molecular complexity index is 518. The van der Waals surface area contributed by atoms with E-state index in [4.69, 9.17) is 15.2 Å². The Morgan fingerprint density at radius 3 is 2.90 bits per heavy atom. The van der Waals surface area contributed by atoms with Crippen molar-refractivity contribution < 1.29 is 19.1 Å². The van der Waals surface area contributed by atoms with E-state index in [0.717, 1.165) is 0 Å². The number of hydrogen-bond donors (Lipinski definition) is 1. The summed E-state index contributed by atoms with van der Waals surface area (Å²) < 4.78 is 10.9. The summed E-state index contributed by atoms with van der Waals surface area (Å²) in [7, 11) is 0. The molecule has 21 heavy (non-hydrogen) atoms. The second-order valence-corrected chi connectivity index (χ2v) is 4.93. The summed E-state index contributed by atoms with van der Waals surface area (Å²) >= 11 is 0. The zero-order valence-corrected chi connectivity index (χ0v) is 12.1. The fourth-order valence-corrected chi connectivity index (χ4v) is 2.32. The minimum Gasteiger partial charge on any atom is -0.491 e. The molecule has 0 saturated carbocycles. The molecule has 1 aliphatic heterocycles. The summed E-state index contributed by atoms with van der Waals surface area (Å²) in [6.07, 6.45) is 0. The Labute approximate surface area is 123 Å². The molecule has 1 amide bonds. The van der Waals surface area contributed by atoms with E-state index in [1.165, 1.54) is 6.92 Å². The quantitative estimate of drug-likeness (QED) is 0.770. The molecule has 1 saturated heterocycles. The van der Waals surface area contributed by atoms with Crippen molar-refractivity contribution in [1.29, 1.82) is 0 Å². The van der Waals surface area contributed by atoms with Crippen molar-refractivity contribution in [1.82, 2.24) is 4.90 Å². The van der Waals surface area contributed by atoms with Gasteiger partial charge in [0.05, 0.1) is 18.8 Å². The summed E-state index contributed by atoms with van der Waals surface area (Å²) in [5.41, 5.74) is 5.92. The van der Waals surface area contributed by atoms with Gasteiger partial charge in [-0.2, -0.15) is 0 Å². The van der Waals surface area contributed by atoms with Crippen molar-refractivity contribution in [2.45, 2.75) is 13.0 Å². The van der Waals surface area contributed by atoms with Crippen LogP contribution in [0.15, 0.2) is 24.3 Å². The van der Waals surface area contributed by atoms with Gasteiger partial charge in [-0.1, -0.05) is 12.1 Å². The van der Waals surface area contributed by atoms with Crippen LogP contribution in [-0.2, 0) is 9.53 Å². The lowest BCUT2D eigenvalue weighted by Crippen LogP contribution is -2.53. The van der Waals surface area contributed by atoms with Crippen LogP contribution in [0, 0.1) is 0 Å². The molecule has 1 heterocycles. The van der Waals surface area contributed by atoms with E-state index in [1.807, 2.05) is 11.0 Å². The van der Waals surface area contributed by atoms with Gasteiger partial charge in [0.25, 0.3) is 0 Å². The highest BCUT2D eigenvalue weighted by Crippen LogP contribution is 2.18. The fourth-order valence-electron chi connectivity index (χ4n) is 2.32. The van der Waals surface area contributed by atoms with Crippen molar-refractivity contribution in [3.63, 3.8) is 0 Å². The Morgan fingerprint density at radius 2 is 2.19 bits per heavy atom.